The minimum atomic E-state index is 1.14. The first-order valence-corrected chi connectivity index (χ1v) is 27.3. The Morgan fingerprint density at radius 2 is 0.662 bits per heavy atom. The van der Waals surface area contributed by atoms with Crippen LogP contribution in [0.4, 0.5) is 34.1 Å². The van der Waals surface area contributed by atoms with E-state index in [1.807, 2.05) is 22.7 Å². The third-order valence-electron chi connectivity index (χ3n) is 15.8. The van der Waals surface area contributed by atoms with E-state index in [0.29, 0.717) is 0 Å². The molecule has 74 heavy (non-hydrogen) atoms. The predicted molar refractivity (Wildman–Crippen MR) is 325 cm³/mol. The molecular formula is C70H52N2S2. The van der Waals surface area contributed by atoms with Gasteiger partial charge in [0.25, 0.3) is 0 Å². The molecule has 354 valence electrons. The third-order valence-corrected chi connectivity index (χ3v) is 18.2. The van der Waals surface area contributed by atoms with Crippen molar-refractivity contribution in [3.8, 4) is 22.3 Å². The number of aryl methyl sites for hydroxylation is 6. The predicted octanol–water partition coefficient (Wildman–Crippen LogP) is 21.4. The monoisotopic (exact) mass is 984 g/mol. The summed E-state index contributed by atoms with van der Waals surface area (Å²) in [6.07, 6.45) is 0. The first kappa shape index (κ1) is 44.4. The number of hydrogen-bond acceptors (Lipinski definition) is 4. The number of fused-ring (bicyclic) bond motifs is 6. The SMILES string of the molecule is Cc1cc(N(c2c(C)cccc2C)c2ccc3ccc4c(N(c5ccc(-c6cccc7c6sc6ccccc67)c(C)c5)c5c(C)cccc5C)ccc5ccc2c3c54)ccc1-c1cccc2c1sc1ccccc12. The van der Waals surface area contributed by atoms with Crippen LogP contribution in [0.5, 0.6) is 0 Å². The van der Waals surface area contributed by atoms with Gasteiger partial charge < -0.3 is 9.80 Å². The van der Waals surface area contributed by atoms with Crippen LogP contribution in [0.2, 0.25) is 0 Å². The van der Waals surface area contributed by atoms with Gasteiger partial charge >= 0.3 is 0 Å². The normalized spacial score (nSPS) is 11.9. The first-order chi connectivity index (χ1) is 36.2. The summed E-state index contributed by atoms with van der Waals surface area (Å²) in [6, 6.07) is 77.5. The molecule has 2 nitrogen and oxygen atoms in total. The van der Waals surface area contributed by atoms with Crippen LogP contribution in [0.25, 0.3) is 94.9 Å². The molecule has 0 saturated heterocycles. The summed E-state index contributed by atoms with van der Waals surface area (Å²) in [7, 11) is 0. The summed E-state index contributed by atoms with van der Waals surface area (Å²) in [5, 5.41) is 12.8. The lowest BCUT2D eigenvalue weighted by molar-refractivity contribution is 1.22. The average molecular weight is 985 g/mol. The van der Waals surface area contributed by atoms with Crippen molar-refractivity contribution in [3.05, 3.63) is 240 Å². The van der Waals surface area contributed by atoms with Crippen molar-refractivity contribution >= 4 is 129 Å². The molecule has 0 radical (unpaired) electrons. The quantitative estimate of drug-likeness (QED) is 0.140. The van der Waals surface area contributed by atoms with E-state index in [1.165, 1.54) is 151 Å². The van der Waals surface area contributed by atoms with Gasteiger partial charge in [-0.05, 0) is 167 Å². The smallest absolute Gasteiger partial charge is 0.0540 e. The topological polar surface area (TPSA) is 6.48 Å². The van der Waals surface area contributed by atoms with Gasteiger partial charge in [-0.3, -0.25) is 0 Å². The van der Waals surface area contributed by atoms with Crippen molar-refractivity contribution in [1.82, 2.24) is 0 Å². The molecule has 2 heterocycles. The molecule has 4 heteroatoms. The zero-order chi connectivity index (χ0) is 49.9. The van der Waals surface area contributed by atoms with E-state index in [2.05, 4.69) is 258 Å². The standard InChI is InChI=1S/C70H52N2S2/c1-41-15-11-16-42(2)67(41)71(49-31-35-51(45(5)39-49)55-21-13-23-57-53-19-7-9-25-63(53)73-69(55)57)61-37-29-47-28-34-60-62(38-30-48-27-33-59(61)65(47)66(48)60)72(68-43(3)17-12-18-44(68)4)50-32-36-52(46(6)40-50)56-22-14-24-58-54-20-8-10-26-64(54)74-70(56)58/h7-40H,1-6H3. The van der Waals surface area contributed by atoms with Crippen LogP contribution < -0.4 is 9.80 Å². The summed E-state index contributed by atoms with van der Waals surface area (Å²) in [6.45, 7) is 13.6. The lowest BCUT2D eigenvalue weighted by atomic mass is 9.91. The molecule has 0 aliphatic heterocycles. The van der Waals surface area contributed by atoms with E-state index >= 15 is 0 Å². The second-order valence-corrected chi connectivity index (χ2v) is 22.4. The minimum absolute atomic E-state index is 1.14. The number of rotatable bonds is 8. The van der Waals surface area contributed by atoms with Crippen molar-refractivity contribution in [2.75, 3.05) is 9.80 Å². The van der Waals surface area contributed by atoms with Gasteiger partial charge in [0, 0.05) is 62.5 Å². The molecule has 0 bridgehead atoms. The highest BCUT2D eigenvalue weighted by Gasteiger charge is 2.26. The van der Waals surface area contributed by atoms with Gasteiger partial charge in [0.1, 0.15) is 0 Å². The van der Waals surface area contributed by atoms with Crippen molar-refractivity contribution < 1.29 is 0 Å². The highest BCUT2D eigenvalue weighted by molar-refractivity contribution is 7.26. The largest absolute Gasteiger partial charge is 0.309 e. The Balaban J connectivity index is 0.950. The number of thiophene rings is 2. The van der Waals surface area contributed by atoms with Crippen molar-refractivity contribution in [1.29, 1.82) is 0 Å². The maximum absolute atomic E-state index is 2.53. The van der Waals surface area contributed by atoms with Crippen molar-refractivity contribution in [2.24, 2.45) is 0 Å². The molecule has 0 spiro atoms. The number of benzene rings is 12. The maximum atomic E-state index is 2.53. The van der Waals surface area contributed by atoms with E-state index in [0.717, 1.165) is 11.4 Å². The van der Waals surface area contributed by atoms with Crippen molar-refractivity contribution in [2.45, 2.75) is 41.5 Å². The lowest BCUT2D eigenvalue weighted by Crippen LogP contribution is -2.14. The Labute approximate surface area is 440 Å². The first-order valence-electron chi connectivity index (χ1n) is 25.7. The lowest BCUT2D eigenvalue weighted by Gasteiger charge is -2.32. The molecule has 0 aliphatic carbocycles. The van der Waals surface area contributed by atoms with Crippen LogP contribution >= 0.6 is 22.7 Å². The van der Waals surface area contributed by atoms with E-state index in [4.69, 9.17) is 0 Å². The second kappa shape index (κ2) is 17.2. The Bertz CT molecular complexity index is 4260. The van der Waals surface area contributed by atoms with Crippen molar-refractivity contribution in [3.63, 3.8) is 0 Å². The van der Waals surface area contributed by atoms with Gasteiger partial charge in [-0.1, -0.05) is 158 Å². The van der Waals surface area contributed by atoms with Crippen LogP contribution in [-0.2, 0) is 0 Å². The van der Waals surface area contributed by atoms with Crippen LogP contribution in [0.1, 0.15) is 33.4 Å². The van der Waals surface area contributed by atoms with E-state index < -0.39 is 0 Å². The summed E-state index contributed by atoms with van der Waals surface area (Å²) in [5.74, 6) is 0. The molecule has 14 rings (SSSR count). The van der Waals surface area contributed by atoms with Gasteiger partial charge in [-0.2, -0.15) is 0 Å². The molecule has 12 aromatic carbocycles. The Morgan fingerprint density at radius 1 is 0.284 bits per heavy atom. The Kier molecular flexibility index (Phi) is 10.3. The number of anilines is 6. The highest BCUT2D eigenvalue weighted by Crippen LogP contribution is 2.51. The van der Waals surface area contributed by atoms with Crippen LogP contribution in [0, 0.1) is 41.5 Å². The molecule has 0 amide bonds. The molecule has 0 fully saturated rings. The van der Waals surface area contributed by atoms with Gasteiger partial charge in [-0.25, -0.2) is 0 Å². The van der Waals surface area contributed by atoms with E-state index in [9.17, 15) is 0 Å². The van der Waals surface area contributed by atoms with Gasteiger partial charge in [0.15, 0.2) is 0 Å². The number of para-hydroxylation sites is 2. The Morgan fingerprint density at radius 3 is 1.08 bits per heavy atom. The zero-order valence-corrected chi connectivity index (χ0v) is 44.0. The summed E-state index contributed by atoms with van der Waals surface area (Å²) < 4.78 is 5.33. The van der Waals surface area contributed by atoms with Crippen LogP contribution in [0.3, 0.4) is 0 Å². The maximum Gasteiger partial charge on any atom is 0.0540 e. The molecule has 0 N–H and O–H groups in total. The van der Waals surface area contributed by atoms with E-state index in [1.54, 1.807) is 0 Å². The molecule has 0 saturated carbocycles. The second-order valence-electron chi connectivity index (χ2n) is 20.3. The average Bonchev–Trinajstić information content (AvgIpc) is 4.00. The molecular weight excluding hydrogens is 933 g/mol. The van der Waals surface area contributed by atoms with E-state index in [-0.39, 0.29) is 0 Å². The third kappa shape index (κ3) is 6.82. The van der Waals surface area contributed by atoms with Gasteiger partial charge in [0.2, 0.25) is 0 Å². The zero-order valence-electron chi connectivity index (χ0n) is 42.3. The fourth-order valence-electron chi connectivity index (χ4n) is 12.4. The summed E-state index contributed by atoms with van der Waals surface area (Å²) in [4.78, 5) is 5.06. The molecule has 0 unspecified atom stereocenters. The van der Waals surface area contributed by atoms with Gasteiger partial charge in [0.05, 0.1) is 22.7 Å². The molecule has 0 atom stereocenters. The molecule has 14 aromatic rings. The Hall–Kier alpha value is -8.28. The summed E-state index contributed by atoms with van der Waals surface area (Å²) in [5.41, 5.74) is 19.6. The highest BCUT2D eigenvalue weighted by atomic mass is 32.1. The number of hydrogen-bond donors (Lipinski definition) is 0. The van der Waals surface area contributed by atoms with Crippen LogP contribution in [-0.4, -0.2) is 0 Å². The molecule has 2 aromatic heterocycles. The minimum Gasteiger partial charge on any atom is -0.309 e. The van der Waals surface area contributed by atoms with Gasteiger partial charge in [-0.15, -0.1) is 22.7 Å². The fraction of sp³-hybridized carbons (Fsp3) is 0.0857. The fourth-order valence-corrected chi connectivity index (χ4v) is 14.8. The summed E-state index contributed by atoms with van der Waals surface area (Å²) >= 11 is 3.79. The van der Waals surface area contributed by atoms with Crippen LogP contribution in [0.15, 0.2) is 206 Å². The molecule has 0 aliphatic rings. The number of nitrogens with zero attached hydrogens (tertiary/aromatic N) is 2.